The van der Waals surface area contributed by atoms with Crippen molar-refractivity contribution in [3.63, 3.8) is 0 Å². The Balaban J connectivity index is 1.70. The molecule has 5 nitrogen and oxygen atoms in total. The lowest BCUT2D eigenvalue weighted by Crippen LogP contribution is -2.27. The quantitative estimate of drug-likeness (QED) is 0.497. The molecule has 0 aliphatic carbocycles. The number of amides is 2. The van der Waals surface area contributed by atoms with E-state index in [1.54, 1.807) is 32.9 Å². The second kappa shape index (κ2) is 8.66. The summed E-state index contributed by atoms with van der Waals surface area (Å²) in [5, 5.41) is 7.76. The van der Waals surface area contributed by atoms with Crippen molar-refractivity contribution in [2.75, 3.05) is 10.6 Å². The highest BCUT2D eigenvalue weighted by molar-refractivity contribution is 9.10. The molecule has 0 radical (unpaired) electrons. The van der Waals surface area contributed by atoms with Gasteiger partial charge in [0, 0.05) is 15.8 Å². The van der Waals surface area contributed by atoms with Gasteiger partial charge in [-0.1, -0.05) is 52.3 Å². The standard InChI is InChI=1S/C23H23BrN2O3/c1-23(2,3)29-22(28)26-20-10-5-4-7-16(20)14-21(27)25-17-11-12-18-15(13-17)8-6-9-19(18)24/h4-13H,14H2,1-3H3,(H,25,27)(H,26,28). The van der Waals surface area contributed by atoms with Gasteiger partial charge in [-0.25, -0.2) is 4.79 Å². The van der Waals surface area contributed by atoms with Gasteiger partial charge in [-0.3, -0.25) is 10.1 Å². The van der Waals surface area contributed by atoms with Gasteiger partial charge in [0.25, 0.3) is 0 Å². The fourth-order valence-corrected chi connectivity index (χ4v) is 3.42. The number of anilines is 2. The third kappa shape index (κ3) is 5.81. The first-order valence-corrected chi connectivity index (χ1v) is 10.1. The van der Waals surface area contributed by atoms with Crippen LogP contribution in [0.4, 0.5) is 16.2 Å². The Bertz CT molecular complexity index is 1060. The number of ether oxygens (including phenoxy) is 1. The number of nitrogens with one attached hydrogen (secondary N) is 2. The van der Waals surface area contributed by atoms with Crippen LogP contribution in [0.15, 0.2) is 65.1 Å². The summed E-state index contributed by atoms with van der Waals surface area (Å²) in [6, 6.07) is 18.9. The molecule has 0 aliphatic heterocycles. The van der Waals surface area contributed by atoms with Gasteiger partial charge in [-0.2, -0.15) is 0 Å². The molecule has 0 atom stereocenters. The number of benzene rings is 3. The maximum Gasteiger partial charge on any atom is 0.412 e. The Hall–Kier alpha value is -2.86. The normalized spacial score (nSPS) is 11.2. The molecule has 150 valence electrons. The molecular formula is C23H23BrN2O3. The van der Waals surface area contributed by atoms with E-state index in [0.717, 1.165) is 20.9 Å². The van der Waals surface area contributed by atoms with Gasteiger partial charge >= 0.3 is 6.09 Å². The molecule has 0 fully saturated rings. The maximum absolute atomic E-state index is 12.6. The summed E-state index contributed by atoms with van der Waals surface area (Å²) < 4.78 is 6.30. The van der Waals surface area contributed by atoms with Crippen molar-refractivity contribution in [1.29, 1.82) is 0 Å². The van der Waals surface area contributed by atoms with Crippen LogP contribution in [0.5, 0.6) is 0 Å². The number of hydrogen-bond acceptors (Lipinski definition) is 3. The van der Waals surface area contributed by atoms with Crippen molar-refractivity contribution in [3.8, 4) is 0 Å². The lowest BCUT2D eigenvalue weighted by atomic mass is 10.1. The molecule has 3 aromatic rings. The summed E-state index contributed by atoms with van der Waals surface area (Å²) in [5.74, 6) is -0.169. The Labute approximate surface area is 178 Å². The van der Waals surface area contributed by atoms with Crippen LogP contribution < -0.4 is 10.6 Å². The van der Waals surface area contributed by atoms with Crippen molar-refractivity contribution in [2.24, 2.45) is 0 Å². The van der Waals surface area contributed by atoms with Crippen molar-refractivity contribution in [2.45, 2.75) is 32.8 Å². The Morgan fingerprint density at radius 3 is 2.48 bits per heavy atom. The molecule has 0 aliphatic rings. The van der Waals surface area contributed by atoms with Crippen LogP contribution in [-0.4, -0.2) is 17.6 Å². The van der Waals surface area contributed by atoms with E-state index < -0.39 is 11.7 Å². The second-order valence-corrected chi connectivity index (χ2v) is 8.54. The van der Waals surface area contributed by atoms with Gasteiger partial charge in [0.05, 0.1) is 6.42 Å². The number of carbonyl (C=O) groups is 2. The first-order valence-electron chi connectivity index (χ1n) is 9.27. The van der Waals surface area contributed by atoms with Crippen LogP contribution in [0.2, 0.25) is 0 Å². The van der Waals surface area contributed by atoms with Crippen LogP contribution in [-0.2, 0) is 16.0 Å². The molecule has 29 heavy (non-hydrogen) atoms. The fraction of sp³-hybridized carbons (Fsp3) is 0.217. The van der Waals surface area contributed by atoms with Gasteiger partial charge in [-0.05, 0) is 61.4 Å². The number of rotatable bonds is 4. The molecule has 6 heteroatoms. The van der Waals surface area contributed by atoms with Gasteiger partial charge in [0.1, 0.15) is 5.60 Å². The van der Waals surface area contributed by atoms with Crippen LogP contribution >= 0.6 is 15.9 Å². The van der Waals surface area contributed by atoms with E-state index in [0.29, 0.717) is 11.3 Å². The number of hydrogen-bond donors (Lipinski definition) is 2. The predicted molar refractivity (Wildman–Crippen MR) is 120 cm³/mol. The first-order chi connectivity index (χ1) is 13.7. The van der Waals surface area contributed by atoms with E-state index in [-0.39, 0.29) is 12.3 Å². The number of halogens is 1. The van der Waals surface area contributed by atoms with E-state index >= 15 is 0 Å². The maximum atomic E-state index is 12.6. The second-order valence-electron chi connectivity index (χ2n) is 7.68. The highest BCUT2D eigenvalue weighted by Gasteiger charge is 2.17. The van der Waals surface area contributed by atoms with Gasteiger partial charge in [-0.15, -0.1) is 0 Å². The van der Waals surface area contributed by atoms with Crippen molar-refractivity contribution >= 4 is 50.1 Å². The summed E-state index contributed by atoms with van der Waals surface area (Å²) in [6.07, 6.45) is -0.423. The minimum absolute atomic E-state index is 0.127. The zero-order valence-corrected chi connectivity index (χ0v) is 18.2. The fourth-order valence-electron chi connectivity index (χ4n) is 2.91. The number of para-hydroxylation sites is 1. The van der Waals surface area contributed by atoms with Crippen molar-refractivity contribution in [1.82, 2.24) is 0 Å². The average molecular weight is 455 g/mol. The lowest BCUT2D eigenvalue weighted by molar-refractivity contribution is -0.115. The van der Waals surface area contributed by atoms with Crippen LogP contribution in [0.3, 0.4) is 0 Å². The third-order valence-electron chi connectivity index (χ3n) is 4.11. The molecule has 0 aromatic heterocycles. The first kappa shape index (κ1) is 20.9. The summed E-state index contributed by atoms with van der Waals surface area (Å²) in [6.45, 7) is 5.40. The summed E-state index contributed by atoms with van der Waals surface area (Å²) >= 11 is 3.53. The molecule has 0 spiro atoms. The monoisotopic (exact) mass is 454 g/mol. The summed E-state index contributed by atoms with van der Waals surface area (Å²) in [7, 11) is 0. The van der Waals surface area contributed by atoms with Crippen LogP contribution in [0.25, 0.3) is 10.8 Å². The molecule has 2 amide bonds. The lowest BCUT2D eigenvalue weighted by Gasteiger charge is -2.20. The Morgan fingerprint density at radius 2 is 1.72 bits per heavy atom. The smallest absolute Gasteiger partial charge is 0.412 e. The van der Waals surface area contributed by atoms with E-state index in [1.807, 2.05) is 48.5 Å². The average Bonchev–Trinajstić information content (AvgIpc) is 2.62. The van der Waals surface area contributed by atoms with E-state index in [2.05, 4.69) is 26.6 Å². The Morgan fingerprint density at radius 1 is 0.966 bits per heavy atom. The molecule has 0 saturated carbocycles. The zero-order chi connectivity index (χ0) is 21.0. The van der Waals surface area contributed by atoms with Crippen molar-refractivity contribution in [3.05, 3.63) is 70.7 Å². The molecule has 2 N–H and O–H groups in total. The Kier molecular flexibility index (Phi) is 6.23. The highest BCUT2D eigenvalue weighted by Crippen LogP contribution is 2.26. The van der Waals surface area contributed by atoms with E-state index in [1.165, 1.54) is 0 Å². The summed E-state index contributed by atoms with van der Waals surface area (Å²) in [5.41, 5.74) is 1.39. The van der Waals surface area contributed by atoms with Crippen molar-refractivity contribution < 1.29 is 14.3 Å². The molecular weight excluding hydrogens is 432 g/mol. The molecule has 3 rings (SSSR count). The predicted octanol–water partition coefficient (Wildman–Crippen LogP) is 6.13. The third-order valence-corrected chi connectivity index (χ3v) is 4.81. The van der Waals surface area contributed by atoms with Crippen LogP contribution in [0.1, 0.15) is 26.3 Å². The van der Waals surface area contributed by atoms with Gasteiger partial charge < -0.3 is 10.1 Å². The molecule has 0 bridgehead atoms. The molecule has 0 saturated heterocycles. The van der Waals surface area contributed by atoms with Gasteiger partial charge in [0.15, 0.2) is 0 Å². The summed E-state index contributed by atoms with van der Waals surface area (Å²) in [4.78, 5) is 24.7. The van der Waals surface area contributed by atoms with E-state index in [4.69, 9.17) is 4.74 Å². The minimum Gasteiger partial charge on any atom is -0.444 e. The SMILES string of the molecule is CC(C)(C)OC(=O)Nc1ccccc1CC(=O)Nc1ccc2c(Br)cccc2c1. The molecule has 0 heterocycles. The molecule has 3 aromatic carbocycles. The van der Waals surface area contributed by atoms with Gasteiger partial charge in [0.2, 0.25) is 5.91 Å². The highest BCUT2D eigenvalue weighted by atomic mass is 79.9. The largest absolute Gasteiger partial charge is 0.444 e. The molecule has 0 unspecified atom stereocenters. The van der Waals surface area contributed by atoms with E-state index in [9.17, 15) is 9.59 Å². The zero-order valence-electron chi connectivity index (χ0n) is 16.6. The minimum atomic E-state index is -0.596. The van der Waals surface area contributed by atoms with Crippen LogP contribution in [0, 0.1) is 0 Å². The number of fused-ring (bicyclic) bond motifs is 1. The number of carbonyl (C=O) groups excluding carboxylic acids is 2. The topological polar surface area (TPSA) is 67.4 Å².